The van der Waals surface area contributed by atoms with Crippen molar-refractivity contribution in [2.45, 2.75) is 19.1 Å². The number of aromatic nitrogens is 3. The summed E-state index contributed by atoms with van der Waals surface area (Å²) in [7, 11) is 1.73. The molecule has 1 heterocycles. The van der Waals surface area contributed by atoms with Gasteiger partial charge in [0.2, 0.25) is 5.91 Å². The van der Waals surface area contributed by atoms with Crippen molar-refractivity contribution >= 4 is 29.1 Å². The van der Waals surface area contributed by atoms with Crippen LogP contribution in [0.5, 0.6) is 0 Å². The number of nitrogens with one attached hydrogen (secondary N) is 1. The van der Waals surface area contributed by atoms with Gasteiger partial charge in [-0.1, -0.05) is 23.2 Å². The number of carbonyl (C=O) groups is 1. The monoisotopic (exact) mass is 328 g/mol. The Balaban J connectivity index is 1.91. The SMILES string of the molecule is Cn1ncnc1CNC(=O)C[C@H](O)c1cc(Cl)cc(Cl)c1. The van der Waals surface area contributed by atoms with Crippen LogP contribution in [0.25, 0.3) is 0 Å². The first-order chi connectivity index (χ1) is 9.95. The molecule has 0 spiro atoms. The minimum absolute atomic E-state index is 0.0888. The number of rotatable bonds is 5. The summed E-state index contributed by atoms with van der Waals surface area (Å²) in [6, 6.07) is 4.72. The topological polar surface area (TPSA) is 80.0 Å². The Bertz CT molecular complexity index is 625. The molecule has 1 atom stereocenters. The molecule has 1 aromatic carbocycles. The normalized spacial score (nSPS) is 12.2. The summed E-state index contributed by atoms with van der Waals surface area (Å²) in [4.78, 5) is 15.8. The molecule has 6 nitrogen and oxygen atoms in total. The molecule has 0 aliphatic carbocycles. The van der Waals surface area contributed by atoms with Crippen LogP contribution in [0.2, 0.25) is 10.0 Å². The number of aryl methyl sites for hydroxylation is 1. The van der Waals surface area contributed by atoms with Crippen molar-refractivity contribution in [1.29, 1.82) is 0 Å². The molecule has 8 heteroatoms. The third kappa shape index (κ3) is 4.42. The van der Waals surface area contributed by atoms with E-state index in [0.29, 0.717) is 21.4 Å². The number of aliphatic hydroxyl groups is 1. The van der Waals surface area contributed by atoms with Gasteiger partial charge in [-0.15, -0.1) is 0 Å². The number of amides is 1. The van der Waals surface area contributed by atoms with Gasteiger partial charge in [0.25, 0.3) is 0 Å². The largest absolute Gasteiger partial charge is 0.388 e. The quantitative estimate of drug-likeness (QED) is 0.877. The average molecular weight is 329 g/mol. The standard InChI is InChI=1S/C13H14Cl2N4O2/c1-19-12(17-7-18-19)6-16-13(21)5-11(20)8-2-9(14)4-10(15)3-8/h2-4,7,11,20H,5-6H2,1H3,(H,16,21)/t11-/m0/s1. The lowest BCUT2D eigenvalue weighted by molar-refractivity contribution is -0.123. The molecule has 1 aromatic heterocycles. The van der Waals surface area contributed by atoms with Gasteiger partial charge < -0.3 is 10.4 Å². The lowest BCUT2D eigenvalue weighted by Gasteiger charge is -2.12. The van der Waals surface area contributed by atoms with Crippen LogP contribution in [-0.2, 0) is 18.4 Å². The van der Waals surface area contributed by atoms with Crippen LogP contribution < -0.4 is 5.32 Å². The fourth-order valence-electron chi connectivity index (χ4n) is 1.79. The molecule has 0 saturated heterocycles. The molecule has 0 fully saturated rings. The zero-order valence-electron chi connectivity index (χ0n) is 11.3. The van der Waals surface area contributed by atoms with Gasteiger partial charge in [0.15, 0.2) is 0 Å². The first-order valence-corrected chi connectivity index (χ1v) is 6.95. The molecule has 0 bridgehead atoms. The van der Waals surface area contributed by atoms with Crippen LogP contribution >= 0.6 is 23.2 Å². The van der Waals surface area contributed by atoms with E-state index in [0.717, 1.165) is 0 Å². The molecule has 0 saturated carbocycles. The minimum atomic E-state index is -0.972. The lowest BCUT2D eigenvalue weighted by Crippen LogP contribution is -2.26. The van der Waals surface area contributed by atoms with Crippen molar-refractivity contribution in [2.24, 2.45) is 7.05 Å². The van der Waals surface area contributed by atoms with Crippen molar-refractivity contribution in [1.82, 2.24) is 20.1 Å². The molecular formula is C13H14Cl2N4O2. The predicted octanol–water partition coefficient (Wildman–Crippen LogP) is 1.86. The highest BCUT2D eigenvalue weighted by atomic mass is 35.5. The van der Waals surface area contributed by atoms with Crippen molar-refractivity contribution < 1.29 is 9.90 Å². The Hall–Kier alpha value is -1.63. The minimum Gasteiger partial charge on any atom is -0.388 e. The van der Waals surface area contributed by atoms with Crippen molar-refractivity contribution in [3.63, 3.8) is 0 Å². The van der Waals surface area contributed by atoms with Crippen LogP contribution in [0.15, 0.2) is 24.5 Å². The van der Waals surface area contributed by atoms with Gasteiger partial charge in [-0.3, -0.25) is 9.48 Å². The van der Waals surface area contributed by atoms with Gasteiger partial charge in [0.05, 0.1) is 19.1 Å². The maximum Gasteiger partial charge on any atom is 0.223 e. The van der Waals surface area contributed by atoms with E-state index < -0.39 is 6.10 Å². The van der Waals surface area contributed by atoms with E-state index in [-0.39, 0.29) is 18.9 Å². The summed E-state index contributed by atoms with van der Waals surface area (Å²) in [5.74, 6) is 0.324. The van der Waals surface area contributed by atoms with E-state index >= 15 is 0 Å². The van der Waals surface area contributed by atoms with Crippen LogP contribution in [-0.4, -0.2) is 25.8 Å². The third-order valence-corrected chi connectivity index (χ3v) is 3.33. The van der Waals surface area contributed by atoms with Crippen LogP contribution in [0.3, 0.4) is 0 Å². The van der Waals surface area contributed by atoms with E-state index in [1.54, 1.807) is 29.9 Å². The molecule has 0 aliphatic heterocycles. The Kier molecular flexibility index (Phi) is 5.17. The smallest absolute Gasteiger partial charge is 0.223 e. The van der Waals surface area contributed by atoms with Crippen LogP contribution in [0.1, 0.15) is 23.9 Å². The van der Waals surface area contributed by atoms with Gasteiger partial charge in [0.1, 0.15) is 12.2 Å². The lowest BCUT2D eigenvalue weighted by atomic mass is 10.1. The number of benzene rings is 1. The summed E-state index contributed by atoms with van der Waals surface area (Å²) in [5, 5.41) is 17.4. The van der Waals surface area contributed by atoms with E-state index in [4.69, 9.17) is 23.2 Å². The summed E-state index contributed by atoms with van der Waals surface area (Å²) < 4.78 is 1.56. The second-order valence-electron chi connectivity index (χ2n) is 4.50. The second-order valence-corrected chi connectivity index (χ2v) is 5.37. The van der Waals surface area contributed by atoms with Crippen molar-refractivity contribution in [2.75, 3.05) is 0 Å². The van der Waals surface area contributed by atoms with E-state index in [9.17, 15) is 9.90 Å². The Morgan fingerprint density at radius 2 is 2.05 bits per heavy atom. The summed E-state index contributed by atoms with van der Waals surface area (Å²) in [6.45, 7) is 0.248. The summed E-state index contributed by atoms with van der Waals surface area (Å²) in [6.07, 6.45) is 0.347. The zero-order chi connectivity index (χ0) is 15.4. The molecular weight excluding hydrogens is 315 g/mol. The summed E-state index contributed by atoms with van der Waals surface area (Å²) in [5.41, 5.74) is 0.501. The Morgan fingerprint density at radius 3 is 2.62 bits per heavy atom. The highest BCUT2D eigenvalue weighted by Crippen LogP contribution is 2.25. The molecule has 0 unspecified atom stereocenters. The number of nitrogens with zero attached hydrogens (tertiary/aromatic N) is 3. The predicted molar refractivity (Wildman–Crippen MR) is 78.9 cm³/mol. The Labute approximate surface area is 131 Å². The average Bonchev–Trinajstić information content (AvgIpc) is 2.80. The first-order valence-electron chi connectivity index (χ1n) is 6.19. The molecule has 112 valence electrons. The fourth-order valence-corrected chi connectivity index (χ4v) is 2.33. The molecule has 2 rings (SSSR count). The summed E-state index contributed by atoms with van der Waals surface area (Å²) >= 11 is 11.7. The number of carbonyl (C=O) groups excluding carboxylic acids is 1. The zero-order valence-corrected chi connectivity index (χ0v) is 12.8. The highest BCUT2D eigenvalue weighted by molar-refractivity contribution is 6.34. The van der Waals surface area contributed by atoms with Crippen molar-refractivity contribution in [3.8, 4) is 0 Å². The Morgan fingerprint density at radius 1 is 1.38 bits per heavy atom. The van der Waals surface area contributed by atoms with Gasteiger partial charge in [-0.05, 0) is 23.8 Å². The van der Waals surface area contributed by atoms with Crippen LogP contribution in [0, 0.1) is 0 Å². The number of hydrogen-bond donors (Lipinski definition) is 2. The number of halogens is 2. The van der Waals surface area contributed by atoms with Crippen molar-refractivity contribution in [3.05, 3.63) is 46.0 Å². The van der Waals surface area contributed by atoms with Gasteiger partial charge >= 0.3 is 0 Å². The van der Waals surface area contributed by atoms with E-state index in [1.807, 2.05) is 0 Å². The van der Waals surface area contributed by atoms with Crippen LogP contribution in [0.4, 0.5) is 0 Å². The maximum atomic E-state index is 11.8. The highest BCUT2D eigenvalue weighted by Gasteiger charge is 2.14. The van der Waals surface area contributed by atoms with Gasteiger partial charge in [-0.25, -0.2) is 4.98 Å². The van der Waals surface area contributed by atoms with Gasteiger partial charge in [0, 0.05) is 17.1 Å². The number of aliphatic hydroxyl groups excluding tert-OH is 1. The number of hydrogen-bond acceptors (Lipinski definition) is 4. The molecule has 21 heavy (non-hydrogen) atoms. The third-order valence-electron chi connectivity index (χ3n) is 2.90. The molecule has 2 N–H and O–H groups in total. The molecule has 1 amide bonds. The maximum absolute atomic E-state index is 11.8. The molecule has 0 radical (unpaired) electrons. The molecule has 0 aliphatic rings. The first kappa shape index (κ1) is 15.8. The van der Waals surface area contributed by atoms with E-state index in [2.05, 4.69) is 15.4 Å². The fraction of sp³-hybridized carbons (Fsp3) is 0.308. The second kappa shape index (κ2) is 6.89. The van der Waals surface area contributed by atoms with Gasteiger partial charge in [-0.2, -0.15) is 5.10 Å². The molecule has 2 aromatic rings. The van der Waals surface area contributed by atoms with E-state index in [1.165, 1.54) is 6.33 Å².